The fourth-order valence-electron chi connectivity index (χ4n) is 3.99. The first-order valence-corrected chi connectivity index (χ1v) is 14.2. The molecule has 2 aromatic carbocycles. The lowest BCUT2D eigenvalue weighted by Gasteiger charge is -2.24. The van der Waals surface area contributed by atoms with Crippen LogP contribution in [0.1, 0.15) is 26.4 Å². The fraction of sp³-hybridized carbons (Fsp3) is 0.280. The van der Waals surface area contributed by atoms with Gasteiger partial charge in [0.25, 0.3) is 10.0 Å². The summed E-state index contributed by atoms with van der Waals surface area (Å²) in [6.45, 7) is 2.84. The second-order valence-corrected chi connectivity index (χ2v) is 12.4. The monoisotopic (exact) mass is 591 g/mol. The van der Waals surface area contributed by atoms with Gasteiger partial charge in [0.1, 0.15) is 11.5 Å². The lowest BCUT2D eigenvalue weighted by atomic mass is 10.0. The van der Waals surface area contributed by atoms with Crippen LogP contribution < -0.4 is 9.62 Å². The SMILES string of the molecule is COC(=O)c1c(NC(=O)CN(c2ccc(Br)cc2)S(=O)(=O)c2ccc(C)cc2)sc2c1CCN(C)C2. The maximum absolute atomic E-state index is 13.6. The van der Waals surface area contributed by atoms with E-state index >= 15 is 0 Å². The molecule has 190 valence electrons. The number of sulfonamides is 1. The number of methoxy groups -OCH3 is 1. The molecular weight excluding hydrogens is 566 g/mol. The van der Waals surface area contributed by atoms with Gasteiger partial charge >= 0.3 is 5.97 Å². The lowest BCUT2D eigenvalue weighted by molar-refractivity contribution is -0.114. The molecule has 0 atom stereocenters. The molecule has 1 aliphatic heterocycles. The molecule has 4 rings (SSSR count). The number of thiophene rings is 1. The van der Waals surface area contributed by atoms with Crippen LogP contribution in [0.25, 0.3) is 0 Å². The van der Waals surface area contributed by atoms with Gasteiger partial charge in [-0.3, -0.25) is 9.10 Å². The number of aryl methyl sites for hydroxylation is 1. The summed E-state index contributed by atoms with van der Waals surface area (Å²) in [6, 6.07) is 13.1. The van der Waals surface area contributed by atoms with E-state index in [0.29, 0.717) is 29.2 Å². The van der Waals surface area contributed by atoms with Gasteiger partial charge in [0.2, 0.25) is 5.91 Å². The highest BCUT2D eigenvalue weighted by molar-refractivity contribution is 9.10. The minimum atomic E-state index is -4.05. The third kappa shape index (κ3) is 5.49. The third-order valence-corrected chi connectivity index (χ3v) is 9.35. The van der Waals surface area contributed by atoms with Gasteiger partial charge in [-0.15, -0.1) is 11.3 Å². The highest BCUT2D eigenvalue weighted by Gasteiger charge is 2.31. The minimum absolute atomic E-state index is 0.0775. The van der Waals surface area contributed by atoms with Crippen molar-refractivity contribution in [2.45, 2.75) is 24.8 Å². The molecule has 8 nitrogen and oxygen atoms in total. The number of amides is 1. The van der Waals surface area contributed by atoms with E-state index in [4.69, 9.17) is 4.74 Å². The number of fused-ring (bicyclic) bond motifs is 1. The van der Waals surface area contributed by atoms with E-state index in [9.17, 15) is 18.0 Å². The maximum Gasteiger partial charge on any atom is 0.341 e. The van der Waals surface area contributed by atoms with Crippen molar-refractivity contribution in [2.24, 2.45) is 0 Å². The summed E-state index contributed by atoms with van der Waals surface area (Å²) in [4.78, 5) is 29.0. The van der Waals surface area contributed by atoms with Crippen LogP contribution in [0.3, 0.4) is 0 Å². The van der Waals surface area contributed by atoms with E-state index in [2.05, 4.69) is 26.1 Å². The number of likely N-dealkylation sites (N-methyl/N-ethyl adjacent to an activating group) is 1. The van der Waals surface area contributed by atoms with Gasteiger partial charge in [-0.05, 0) is 62.4 Å². The van der Waals surface area contributed by atoms with Gasteiger partial charge in [0.05, 0.1) is 23.3 Å². The number of benzene rings is 2. The number of anilines is 2. The number of esters is 1. The Morgan fingerprint density at radius 2 is 1.81 bits per heavy atom. The molecule has 0 saturated heterocycles. The molecule has 1 aromatic heterocycles. The Morgan fingerprint density at radius 3 is 2.44 bits per heavy atom. The van der Waals surface area contributed by atoms with Gasteiger partial charge in [0, 0.05) is 22.4 Å². The highest BCUT2D eigenvalue weighted by Crippen LogP contribution is 2.37. The van der Waals surface area contributed by atoms with Gasteiger partial charge in [-0.2, -0.15) is 0 Å². The van der Waals surface area contributed by atoms with Crippen LogP contribution in [0.5, 0.6) is 0 Å². The molecule has 0 spiro atoms. The molecule has 3 aromatic rings. The standard InChI is InChI=1S/C25H26BrN3O5S2/c1-16-4-10-19(11-5-16)36(32,33)29(18-8-6-17(26)7-9-18)15-22(30)27-24-23(25(31)34-3)20-12-13-28(2)14-21(20)35-24/h4-11H,12-15H2,1-3H3,(H,27,30). The quantitative estimate of drug-likeness (QED) is 0.408. The highest BCUT2D eigenvalue weighted by atomic mass is 79.9. The summed E-state index contributed by atoms with van der Waals surface area (Å²) in [5.74, 6) is -1.09. The van der Waals surface area contributed by atoms with E-state index in [1.165, 1.54) is 30.6 Å². The number of hydrogen-bond acceptors (Lipinski definition) is 7. The molecule has 1 N–H and O–H groups in total. The van der Waals surface area contributed by atoms with Crippen molar-refractivity contribution in [2.75, 3.05) is 36.9 Å². The number of nitrogens with zero attached hydrogens (tertiary/aromatic N) is 2. The van der Waals surface area contributed by atoms with Crippen LogP contribution in [0.2, 0.25) is 0 Å². The number of halogens is 1. The number of hydrogen-bond donors (Lipinski definition) is 1. The van der Waals surface area contributed by atoms with Crippen LogP contribution in [0.4, 0.5) is 10.7 Å². The fourth-order valence-corrected chi connectivity index (χ4v) is 7.01. The van der Waals surface area contributed by atoms with Gasteiger partial charge < -0.3 is 15.0 Å². The Morgan fingerprint density at radius 1 is 1.14 bits per heavy atom. The first kappa shape index (κ1) is 26.3. The molecule has 1 aliphatic rings. The molecule has 0 unspecified atom stereocenters. The Kier molecular flexibility index (Phi) is 7.84. The molecule has 0 fully saturated rings. The largest absolute Gasteiger partial charge is 0.465 e. The van der Waals surface area contributed by atoms with Crippen LogP contribution in [-0.4, -0.2) is 52.4 Å². The Hall–Kier alpha value is -2.73. The first-order chi connectivity index (χ1) is 17.1. The molecule has 11 heteroatoms. The van der Waals surface area contributed by atoms with E-state index in [1.807, 2.05) is 14.0 Å². The second-order valence-electron chi connectivity index (χ2n) is 8.54. The Bertz CT molecular complexity index is 1390. The average molecular weight is 593 g/mol. The van der Waals surface area contributed by atoms with Gasteiger partial charge in [-0.1, -0.05) is 33.6 Å². The maximum atomic E-state index is 13.6. The Labute approximate surface area is 223 Å². The molecule has 0 aliphatic carbocycles. The summed E-state index contributed by atoms with van der Waals surface area (Å²) in [5, 5.41) is 3.16. The van der Waals surface area contributed by atoms with Gasteiger partial charge in [0.15, 0.2) is 0 Å². The van der Waals surface area contributed by atoms with Crippen LogP contribution in [0, 0.1) is 6.92 Å². The Balaban J connectivity index is 1.67. The summed E-state index contributed by atoms with van der Waals surface area (Å²) in [6.07, 6.45) is 0.662. The van der Waals surface area contributed by atoms with Gasteiger partial charge in [-0.25, -0.2) is 13.2 Å². The molecule has 1 amide bonds. The number of carbonyl (C=O) groups excluding carboxylic acids is 2. The zero-order chi connectivity index (χ0) is 26.0. The second kappa shape index (κ2) is 10.7. The van der Waals surface area contributed by atoms with Crippen molar-refractivity contribution in [1.29, 1.82) is 0 Å². The summed E-state index contributed by atoms with van der Waals surface area (Å²) in [5.41, 5.74) is 2.48. The molecule has 36 heavy (non-hydrogen) atoms. The number of ether oxygens (including phenoxy) is 1. The summed E-state index contributed by atoms with van der Waals surface area (Å²) < 4.78 is 34.0. The zero-order valence-electron chi connectivity index (χ0n) is 20.1. The summed E-state index contributed by atoms with van der Waals surface area (Å²) in [7, 11) is -0.757. The third-order valence-electron chi connectivity index (χ3n) is 5.90. The normalized spacial score (nSPS) is 13.7. The van der Waals surface area contributed by atoms with Crippen LogP contribution >= 0.6 is 27.3 Å². The number of rotatable bonds is 7. The van der Waals surface area contributed by atoms with E-state index in [-0.39, 0.29) is 4.90 Å². The lowest BCUT2D eigenvalue weighted by Crippen LogP contribution is -2.38. The number of carbonyl (C=O) groups is 2. The van der Waals surface area contributed by atoms with Crippen molar-refractivity contribution >= 4 is 59.9 Å². The van der Waals surface area contributed by atoms with Crippen molar-refractivity contribution in [1.82, 2.24) is 4.90 Å². The molecular formula is C25H26BrN3O5S2. The average Bonchev–Trinajstić information content (AvgIpc) is 3.19. The van der Waals surface area contributed by atoms with E-state index in [1.54, 1.807) is 36.4 Å². The number of nitrogens with one attached hydrogen (secondary N) is 1. The van der Waals surface area contributed by atoms with Crippen LogP contribution in [-0.2, 0) is 32.5 Å². The van der Waals surface area contributed by atoms with Crippen LogP contribution in [0.15, 0.2) is 57.9 Å². The summed E-state index contributed by atoms with van der Waals surface area (Å²) >= 11 is 4.68. The molecule has 2 heterocycles. The minimum Gasteiger partial charge on any atom is -0.465 e. The van der Waals surface area contributed by atoms with Crippen molar-refractivity contribution < 1.29 is 22.7 Å². The first-order valence-electron chi connectivity index (χ1n) is 11.2. The molecule has 0 bridgehead atoms. The smallest absolute Gasteiger partial charge is 0.341 e. The van der Waals surface area contributed by atoms with Crippen molar-refractivity contribution in [3.8, 4) is 0 Å². The predicted molar refractivity (Wildman–Crippen MR) is 144 cm³/mol. The zero-order valence-corrected chi connectivity index (χ0v) is 23.3. The van der Waals surface area contributed by atoms with Crippen molar-refractivity contribution in [3.05, 3.63) is 74.6 Å². The molecule has 0 radical (unpaired) electrons. The van der Waals surface area contributed by atoms with E-state index < -0.39 is 28.4 Å². The van der Waals surface area contributed by atoms with Crippen molar-refractivity contribution in [3.63, 3.8) is 0 Å². The molecule has 0 saturated carbocycles. The predicted octanol–water partition coefficient (Wildman–Crippen LogP) is 4.43. The topological polar surface area (TPSA) is 96.0 Å². The van der Waals surface area contributed by atoms with E-state index in [0.717, 1.165) is 31.3 Å².